The third-order valence-electron chi connectivity index (χ3n) is 4.07. The van der Waals surface area contributed by atoms with Crippen LogP contribution in [0.1, 0.15) is 31.4 Å². The number of hydrogen-bond donors (Lipinski definition) is 1. The molecule has 1 N–H and O–H groups in total. The standard InChI is InChI=1S/C13H18ClF3N4/c1-21(2)12(5-3-4-6-12)8-18-10-7-9(13(15,16)17)19-11(14)20-10/h7H,3-6,8H2,1-2H3,(H,18,19,20). The summed E-state index contributed by atoms with van der Waals surface area (Å²) in [6.07, 6.45) is -0.262. The molecule has 0 amide bonds. The van der Waals surface area contributed by atoms with Gasteiger partial charge in [-0.2, -0.15) is 13.2 Å². The molecule has 118 valence electrons. The summed E-state index contributed by atoms with van der Waals surface area (Å²) in [6.45, 7) is 0.532. The lowest BCUT2D eigenvalue weighted by atomic mass is 9.96. The molecular formula is C13H18ClF3N4. The van der Waals surface area contributed by atoms with E-state index in [2.05, 4.69) is 20.2 Å². The highest BCUT2D eigenvalue weighted by Crippen LogP contribution is 2.34. The predicted molar refractivity (Wildman–Crippen MR) is 75.4 cm³/mol. The Hall–Kier alpha value is -1.08. The van der Waals surface area contributed by atoms with Crippen molar-refractivity contribution in [3.63, 3.8) is 0 Å². The maximum Gasteiger partial charge on any atom is 0.433 e. The van der Waals surface area contributed by atoms with Crippen molar-refractivity contribution in [2.24, 2.45) is 0 Å². The Morgan fingerprint density at radius 1 is 1.29 bits per heavy atom. The first kappa shape index (κ1) is 16.3. The zero-order valence-corrected chi connectivity index (χ0v) is 12.7. The highest BCUT2D eigenvalue weighted by molar-refractivity contribution is 6.28. The number of rotatable bonds is 4. The van der Waals surface area contributed by atoms with Gasteiger partial charge in [0.15, 0.2) is 5.69 Å². The summed E-state index contributed by atoms with van der Waals surface area (Å²) in [4.78, 5) is 9.17. The molecule has 0 aliphatic heterocycles. The summed E-state index contributed by atoms with van der Waals surface area (Å²) in [5.41, 5.74) is -1.08. The largest absolute Gasteiger partial charge is 0.433 e. The Morgan fingerprint density at radius 3 is 2.43 bits per heavy atom. The van der Waals surface area contributed by atoms with E-state index in [1.54, 1.807) is 0 Å². The number of anilines is 1. The van der Waals surface area contributed by atoms with Crippen LogP contribution in [0.15, 0.2) is 6.07 Å². The van der Waals surface area contributed by atoms with Crippen molar-refractivity contribution < 1.29 is 13.2 Å². The van der Waals surface area contributed by atoms with Crippen molar-refractivity contribution >= 4 is 17.4 Å². The van der Waals surface area contributed by atoms with Gasteiger partial charge >= 0.3 is 6.18 Å². The topological polar surface area (TPSA) is 41.0 Å². The molecule has 0 radical (unpaired) electrons. The highest BCUT2D eigenvalue weighted by Gasteiger charge is 2.37. The van der Waals surface area contributed by atoms with Gasteiger partial charge in [0.25, 0.3) is 0 Å². The molecule has 1 aromatic heterocycles. The van der Waals surface area contributed by atoms with Crippen LogP contribution in [0.25, 0.3) is 0 Å². The Bertz CT molecular complexity index is 499. The fourth-order valence-electron chi connectivity index (χ4n) is 2.72. The molecule has 0 bridgehead atoms. The van der Waals surface area contributed by atoms with Crippen molar-refractivity contribution in [3.8, 4) is 0 Å². The van der Waals surface area contributed by atoms with Crippen LogP contribution in [0, 0.1) is 0 Å². The number of alkyl halides is 3. The lowest BCUT2D eigenvalue weighted by molar-refractivity contribution is -0.141. The van der Waals surface area contributed by atoms with E-state index in [-0.39, 0.29) is 11.4 Å². The Balaban J connectivity index is 2.14. The molecule has 0 aromatic carbocycles. The average Bonchev–Trinajstić information content (AvgIpc) is 2.85. The molecule has 1 aliphatic carbocycles. The van der Waals surface area contributed by atoms with Gasteiger partial charge in [0.2, 0.25) is 5.28 Å². The smallest absolute Gasteiger partial charge is 0.368 e. The molecule has 1 fully saturated rings. The third-order valence-corrected chi connectivity index (χ3v) is 4.24. The number of halogens is 4. The van der Waals surface area contributed by atoms with Crippen LogP contribution in [0.3, 0.4) is 0 Å². The van der Waals surface area contributed by atoms with Gasteiger partial charge in [0.1, 0.15) is 5.82 Å². The van der Waals surface area contributed by atoms with Gasteiger partial charge < -0.3 is 10.2 Å². The molecule has 0 saturated heterocycles. The molecule has 1 aromatic rings. The fraction of sp³-hybridized carbons (Fsp3) is 0.692. The molecule has 0 unspecified atom stereocenters. The van der Waals surface area contributed by atoms with Crippen LogP contribution >= 0.6 is 11.6 Å². The van der Waals surface area contributed by atoms with Crippen molar-refractivity contribution in [2.45, 2.75) is 37.4 Å². The Labute approximate surface area is 126 Å². The van der Waals surface area contributed by atoms with E-state index in [0.29, 0.717) is 6.54 Å². The second-order valence-electron chi connectivity index (χ2n) is 5.58. The SMILES string of the molecule is CN(C)C1(CNc2cc(C(F)(F)F)nc(Cl)n2)CCCC1. The minimum atomic E-state index is -4.53. The molecule has 0 spiro atoms. The monoisotopic (exact) mass is 322 g/mol. The van der Waals surface area contributed by atoms with Crippen LogP contribution in [-0.4, -0.2) is 41.0 Å². The maximum atomic E-state index is 12.7. The van der Waals surface area contributed by atoms with E-state index >= 15 is 0 Å². The number of nitrogens with one attached hydrogen (secondary N) is 1. The molecule has 0 atom stereocenters. The first-order valence-corrected chi connectivity index (χ1v) is 7.14. The first-order valence-electron chi connectivity index (χ1n) is 6.76. The summed E-state index contributed by atoms with van der Waals surface area (Å²) in [6, 6.07) is 0.893. The van der Waals surface area contributed by atoms with Gasteiger partial charge in [-0.3, -0.25) is 0 Å². The minimum Gasteiger partial charge on any atom is -0.368 e. The molecule has 4 nitrogen and oxygen atoms in total. The van der Waals surface area contributed by atoms with Crippen LogP contribution in [-0.2, 0) is 6.18 Å². The van der Waals surface area contributed by atoms with Crippen molar-refractivity contribution in [3.05, 3.63) is 17.0 Å². The van der Waals surface area contributed by atoms with E-state index in [4.69, 9.17) is 11.6 Å². The fourth-order valence-corrected chi connectivity index (χ4v) is 2.91. The van der Waals surface area contributed by atoms with Gasteiger partial charge in [-0.05, 0) is 38.5 Å². The molecular weight excluding hydrogens is 305 g/mol. The summed E-state index contributed by atoms with van der Waals surface area (Å²) in [5.74, 6) is 0.107. The van der Waals surface area contributed by atoms with Gasteiger partial charge in [-0.15, -0.1) is 0 Å². The average molecular weight is 323 g/mol. The van der Waals surface area contributed by atoms with E-state index in [9.17, 15) is 13.2 Å². The van der Waals surface area contributed by atoms with Crippen molar-refractivity contribution in [1.29, 1.82) is 0 Å². The van der Waals surface area contributed by atoms with Crippen LogP contribution < -0.4 is 5.32 Å². The predicted octanol–water partition coefficient (Wildman–Crippen LogP) is 3.44. The summed E-state index contributed by atoms with van der Waals surface area (Å²) in [5, 5.41) is 2.58. The Morgan fingerprint density at radius 2 is 1.90 bits per heavy atom. The first-order chi connectivity index (χ1) is 9.73. The summed E-state index contributed by atoms with van der Waals surface area (Å²) < 4.78 is 38.1. The van der Waals surface area contributed by atoms with Crippen LogP contribution in [0.2, 0.25) is 5.28 Å². The lowest BCUT2D eigenvalue weighted by Gasteiger charge is -2.36. The molecule has 21 heavy (non-hydrogen) atoms. The van der Waals surface area contributed by atoms with E-state index in [0.717, 1.165) is 31.7 Å². The summed E-state index contributed by atoms with van der Waals surface area (Å²) in [7, 11) is 3.97. The summed E-state index contributed by atoms with van der Waals surface area (Å²) >= 11 is 5.58. The van der Waals surface area contributed by atoms with Crippen molar-refractivity contribution in [1.82, 2.24) is 14.9 Å². The molecule has 1 heterocycles. The highest BCUT2D eigenvalue weighted by atomic mass is 35.5. The van der Waals surface area contributed by atoms with E-state index in [1.807, 2.05) is 14.1 Å². The number of hydrogen-bond acceptors (Lipinski definition) is 4. The van der Waals surface area contributed by atoms with Crippen molar-refractivity contribution in [2.75, 3.05) is 26.0 Å². The molecule has 1 aliphatic rings. The molecule has 8 heteroatoms. The Kier molecular flexibility index (Phi) is 4.63. The second kappa shape index (κ2) is 5.96. The molecule has 2 rings (SSSR count). The second-order valence-corrected chi connectivity index (χ2v) is 5.92. The number of aromatic nitrogens is 2. The van der Waals surface area contributed by atoms with Crippen LogP contribution in [0.4, 0.5) is 19.0 Å². The van der Waals surface area contributed by atoms with Gasteiger partial charge in [0, 0.05) is 18.2 Å². The van der Waals surface area contributed by atoms with Gasteiger partial charge in [0.05, 0.1) is 0 Å². The minimum absolute atomic E-state index is 0.0458. The van der Waals surface area contributed by atoms with E-state index in [1.165, 1.54) is 0 Å². The third kappa shape index (κ3) is 3.77. The zero-order chi connectivity index (χ0) is 15.7. The quantitative estimate of drug-likeness (QED) is 0.862. The molecule has 1 saturated carbocycles. The van der Waals surface area contributed by atoms with Crippen LogP contribution in [0.5, 0.6) is 0 Å². The van der Waals surface area contributed by atoms with Gasteiger partial charge in [-0.25, -0.2) is 9.97 Å². The van der Waals surface area contributed by atoms with Gasteiger partial charge in [-0.1, -0.05) is 12.8 Å². The number of nitrogens with zero attached hydrogens (tertiary/aromatic N) is 3. The van der Waals surface area contributed by atoms with E-state index < -0.39 is 17.2 Å². The normalized spacial score (nSPS) is 18.2. The zero-order valence-electron chi connectivity index (χ0n) is 12.0. The maximum absolute atomic E-state index is 12.7. The number of likely N-dealkylation sites (N-methyl/N-ethyl adjacent to an activating group) is 1. The lowest BCUT2D eigenvalue weighted by Crippen LogP contribution is -2.47.